The summed E-state index contributed by atoms with van der Waals surface area (Å²) in [4.78, 5) is 12.1. The van der Waals surface area contributed by atoms with Crippen molar-refractivity contribution in [3.8, 4) is 11.8 Å². The van der Waals surface area contributed by atoms with Crippen LogP contribution in [0, 0.1) is 11.3 Å². The van der Waals surface area contributed by atoms with E-state index < -0.39 is 5.91 Å². The van der Waals surface area contributed by atoms with Gasteiger partial charge >= 0.3 is 0 Å². The lowest BCUT2D eigenvalue weighted by Gasteiger charge is -2.06. The number of nitrogens with zero attached hydrogens (tertiary/aromatic N) is 1. The zero-order valence-corrected chi connectivity index (χ0v) is 15.2. The lowest BCUT2D eigenvalue weighted by molar-refractivity contribution is -0.117. The Bertz CT molecular complexity index is 811. The molecular weight excluding hydrogens is 350 g/mol. The number of carbonyl (C=O) groups excluding carboxylic acids is 1. The molecule has 0 fully saturated rings. The first-order chi connectivity index (χ1) is 12.6. The minimum absolute atomic E-state index is 0.0320. The van der Waals surface area contributed by atoms with Crippen molar-refractivity contribution in [3.63, 3.8) is 0 Å². The smallest absolute Gasteiger partial charge is 0.263 e. The number of carbonyl (C=O) groups is 1. The number of benzene rings is 2. The Kier molecular flexibility index (Phi) is 7.53. The van der Waals surface area contributed by atoms with Crippen molar-refractivity contribution in [2.24, 2.45) is 0 Å². The molecule has 26 heavy (non-hydrogen) atoms. The first-order valence-corrected chi connectivity index (χ1v) is 8.49. The van der Waals surface area contributed by atoms with Crippen molar-refractivity contribution in [2.75, 3.05) is 13.7 Å². The molecule has 134 valence electrons. The molecule has 2 rings (SSSR count). The van der Waals surface area contributed by atoms with Crippen molar-refractivity contribution in [1.82, 2.24) is 10.6 Å². The van der Waals surface area contributed by atoms with Crippen LogP contribution in [0.25, 0.3) is 0 Å². The lowest BCUT2D eigenvalue weighted by atomic mass is 10.1. The predicted molar refractivity (Wildman–Crippen MR) is 102 cm³/mol. The maximum atomic E-state index is 12.1. The number of nitriles is 1. The Hall–Kier alpha value is -2.97. The van der Waals surface area contributed by atoms with Gasteiger partial charge in [-0.25, -0.2) is 0 Å². The Morgan fingerprint density at radius 1 is 1.23 bits per heavy atom. The Balaban J connectivity index is 1.81. The first-order valence-electron chi connectivity index (χ1n) is 8.11. The van der Waals surface area contributed by atoms with E-state index in [0.29, 0.717) is 18.1 Å². The molecule has 0 saturated carbocycles. The summed E-state index contributed by atoms with van der Waals surface area (Å²) in [5, 5.41) is 15.6. The minimum Gasteiger partial charge on any atom is -0.497 e. The van der Waals surface area contributed by atoms with Crippen LogP contribution in [-0.2, 0) is 17.8 Å². The summed E-state index contributed by atoms with van der Waals surface area (Å²) in [6.07, 6.45) is 2.18. The van der Waals surface area contributed by atoms with Crippen LogP contribution in [0.15, 0.2) is 60.3 Å². The SMILES string of the molecule is COc1ccc(CNC(=O)/C(C#N)=C\NCCc2cccc(Cl)c2)cc1. The van der Waals surface area contributed by atoms with Gasteiger partial charge in [0.15, 0.2) is 0 Å². The number of rotatable bonds is 8. The standard InChI is InChI=1S/C20H20ClN3O2/c1-26-19-7-5-16(6-8-19)13-24-20(25)17(12-22)14-23-10-9-15-3-2-4-18(21)11-15/h2-8,11,14,23H,9-10,13H2,1H3,(H,24,25)/b17-14-. The molecule has 0 aliphatic rings. The summed E-state index contributed by atoms with van der Waals surface area (Å²) >= 11 is 5.94. The van der Waals surface area contributed by atoms with Gasteiger partial charge in [-0.2, -0.15) is 5.26 Å². The van der Waals surface area contributed by atoms with Gasteiger partial charge in [0.1, 0.15) is 17.4 Å². The van der Waals surface area contributed by atoms with Gasteiger partial charge < -0.3 is 15.4 Å². The van der Waals surface area contributed by atoms with Gasteiger partial charge in [-0.3, -0.25) is 4.79 Å². The van der Waals surface area contributed by atoms with Gasteiger partial charge in [0, 0.05) is 24.3 Å². The summed E-state index contributed by atoms with van der Waals surface area (Å²) in [6.45, 7) is 0.932. The van der Waals surface area contributed by atoms with Crippen LogP contribution in [0.3, 0.4) is 0 Å². The van der Waals surface area contributed by atoms with Crippen molar-refractivity contribution in [2.45, 2.75) is 13.0 Å². The molecule has 0 aliphatic heterocycles. The molecule has 0 unspecified atom stereocenters. The molecule has 0 saturated heterocycles. The molecule has 2 N–H and O–H groups in total. The second-order valence-electron chi connectivity index (χ2n) is 5.53. The summed E-state index contributed by atoms with van der Waals surface area (Å²) in [6, 6.07) is 16.8. The van der Waals surface area contributed by atoms with Crippen LogP contribution in [0.1, 0.15) is 11.1 Å². The van der Waals surface area contributed by atoms with Crippen LogP contribution in [0.5, 0.6) is 5.75 Å². The number of amides is 1. The maximum Gasteiger partial charge on any atom is 0.263 e. The summed E-state index contributed by atoms with van der Waals surface area (Å²) in [5.41, 5.74) is 2.04. The highest BCUT2D eigenvalue weighted by molar-refractivity contribution is 6.30. The van der Waals surface area contributed by atoms with E-state index in [1.165, 1.54) is 6.20 Å². The molecule has 0 spiro atoms. The van der Waals surface area contributed by atoms with Crippen LogP contribution in [-0.4, -0.2) is 19.6 Å². The molecule has 0 bridgehead atoms. The van der Waals surface area contributed by atoms with Crippen molar-refractivity contribution >= 4 is 17.5 Å². The number of hydrogen-bond donors (Lipinski definition) is 2. The highest BCUT2D eigenvalue weighted by Crippen LogP contribution is 2.11. The average molecular weight is 370 g/mol. The number of methoxy groups -OCH3 is 1. The first kappa shape index (κ1) is 19.4. The summed E-state index contributed by atoms with van der Waals surface area (Å²) in [7, 11) is 1.60. The van der Waals surface area contributed by atoms with Crippen LogP contribution >= 0.6 is 11.6 Å². The molecule has 0 heterocycles. The predicted octanol–water partition coefficient (Wildman–Crippen LogP) is 3.20. The van der Waals surface area contributed by atoms with Crippen LogP contribution in [0.2, 0.25) is 5.02 Å². The number of halogens is 1. The third-order valence-corrected chi connectivity index (χ3v) is 3.91. The van der Waals surface area contributed by atoms with Gasteiger partial charge in [0.05, 0.1) is 7.11 Å². The van der Waals surface area contributed by atoms with Crippen LogP contribution in [0.4, 0.5) is 0 Å². The van der Waals surface area contributed by atoms with Gasteiger partial charge in [-0.05, 0) is 41.8 Å². The van der Waals surface area contributed by atoms with E-state index in [-0.39, 0.29) is 5.57 Å². The van der Waals surface area contributed by atoms with E-state index in [0.717, 1.165) is 23.3 Å². The van der Waals surface area contributed by atoms with Gasteiger partial charge in [0.25, 0.3) is 5.91 Å². The van der Waals surface area contributed by atoms with Crippen LogP contribution < -0.4 is 15.4 Å². The monoisotopic (exact) mass is 369 g/mol. The number of ether oxygens (including phenoxy) is 1. The normalized spacial score (nSPS) is 10.7. The maximum absolute atomic E-state index is 12.1. The third kappa shape index (κ3) is 6.15. The van der Waals surface area contributed by atoms with Crippen molar-refractivity contribution < 1.29 is 9.53 Å². The third-order valence-electron chi connectivity index (χ3n) is 3.67. The fourth-order valence-electron chi connectivity index (χ4n) is 2.25. The molecular formula is C20H20ClN3O2. The number of hydrogen-bond acceptors (Lipinski definition) is 4. The van der Waals surface area contributed by atoms with E-state index in [9.17, 15) is 4.79 Å². The molecule has 0 atom stereocenters. The molecule has 2 aromatic carbocycles. The van der Waals surface area contributed by atoms with E-state index in [1.54, 1.807) is 7.11 Å². The Labute approximate surface area is 158 Å². The topological polar surface area (TPSA) is 74.1 Å². The number of nitrogens with one attached hydrogen (secondary N) is 2. The summed E-state index contributed by atoms with van der Waals surface area (Å²) in [5.74, 6) is 0.333. The fourth-order valence-corrected chi connectivity index (χ4v) is 2.47. The fraction of sp³-hybridized carbons (Fsp3) is 0.200. The zero-order chi connectivity index (χ0) is 18.8. The lowest BCUT2D eigenvalue weighted by Crippen LogP contribution is -2.25. The molecule has 2 aromatic rings. The van der Waals surface area contributed by atoms with E-state index in [1.807, 2.05) is 54.6 Å². The van der Waals surface area contributed by atoms with E-state index in [2.05, 4.69) is 10.6 Å². The average Bonchev–Trinajstić information content (AvgIpc) is 2.66. The zero-order valence-electron chi connectivity index (χ0n) is 14.5. The Morgan fingerprint density at radius 2 is 2.00 bits per heavy atom. The quantitative estimate of drug-likeness (QED) is 0.425. The van der Waals surface area contributed by atoms with Crippen molar-refractivity contribution in [1.29, 1.82) is 5.26 Å². The minimum atomic E-state index is -0.418. The molecule has 6 heteroatoms. The molecule has 0 aliphatic carbocycles. The van der Waals surface area contributed by atoms with Gasteiger partial charge in [-0.15, -0.1) is 0 Å². The second kappa shape index (κ2) is 10.1. The van der Waals surface area contributed by atoms with E-state index >= 15 is 0 Å². The highest BCUT2D eigenvalue weighted by atomic mass is 35.5. The van der Waals surface area contributed by atoms with Crippen molar-refractivity contribution in [3.05, 3.63) is 76.5 Å². The van der Waals surface area contributed by atoms with Gasteiger partial charge in [-0.1, -0.05) is 35.9 Å². The molecule has 0 aromatic heterocycles. The van der Waals surface area contributed by atoms with Gasteiger partial charge in [0.2, 0.25) is 0 Å². The molecule has 5 nitrogen and oxygen atoms in total. The summed E-state index contributed by atoms with van der Waals surface area (Å²) < 4.78 is 5.09. The largest absolute Gasteiger partial charge is 0.497 e. The highest BCUT2D eigenvalue weighted by Gasteiger charge is 2.08. The molecule has 0 radical (unpaired) electrons. The van der Waals surface area contributed by atoms with E-state index in [4.69, 9.17) is 21.6 Å². The Morgan fingerprint density at radius 3 is 2.65 bits per heavy atom. The second-order valence-corrected chi connectivity index (χ2v) is 5.97. The molecule has 1 amide bonds.